The lowest BCUT2D eigenvalue weighted by Gasteiger charge is -2.11. The molecule has 4 aromatic rings. The van der Waals surface area contributed by atoms with E-state index >= 15 is 0 Å². The highest BCUT2D eigenvalue weighted by atomic mass is 19.1. The van der Waals surface area contributed by atoms with Crippen molar-refractivity contribution in [2.45, 2.75) is 0 Å². The van der Waals surface area contributed by atoms with Gasteiger partial charge in [0.15, 0.2) is 11.5 Å². The molecule has 1 aromatic heterocycles. The molecule has 166 valence electrons. The average molecular weight is 445 g/mol. The maximum atomic E-state index is 13.2. The number of methoxy groups -OCH3 is 2. The van der Waals surface area contributed by atoms with Crippen LogP contribution in [0.4, 0.5) is 10.1 Å². The number of carbonyl (C=O) groups excluding carboxylic acids is 1. The molecule has 8 heteroatoms. The summed E-state index contributed by atoms with van der Waals surface area (Å²) in [6.07, 6.45) is 1.36. The smallest absolute Gasteiger partial charge is 0.255 e. The van der Waals surface area contributed by atoms with Crippen LogP contribution in [-0.4, -0.2) is 30.1 Å². The molecule has 0 aliphatic rings. The molecule has 0 aliphatic heterocycles. The van der Waals surface area contributed by atoms with E-state index in [1.165, 1.54) is 25.6 Å². The van der Waals surface area contributed by atoms with E-state index in [0.29, 0.717) is 40.1 Å². The van der Waals surface area contributed by atoms with Crippen molar-refractivity contribution in [1.29, 1.82) is 0 Å². The van der Waals surface area contributed by atoms with Crippen LogP contribution in [0.2, 0.25) is 0 Å². The normalized spacial score (nSPS) is 10.4. The van der Waals surface area contributed by atoms with Crippen LogP contribution in [0.1, 0.15) is 10.4 Å². The summed E-state index contributed by atoms with van der Waals surface area (Å²) in [5, 5.41) is 2.82. The van der Waals surface area contributed by atoms with Crippen molar-refractivity contribution in [1.82, 2.24) is 9.97 Å². The number of benzene rings is 3. The van der Waals surface area contributed by atoms with Crippen LogP contribution in [-0.2, 0) is 0 Å². The summed E-state index contributed by atoms with van der Waals surface area (Å²) in [4.78, 5) is 21.1. The lowest BCUT2D eigenvalue weighted by Crippen LogP contribution is -2.12. The highest BCUT2D eigenvalue weighted by Gasteiger charge is 2.11. The zero-order chi connectivity index (χ0) is 23.2. The van der Waals surface area contributed by atoms with Gasteiger partial charge in [-0.3, -0.25) is 4.79 Å². The molecule has 4 rings (SSSR count). The third-order valence-corrected chi connectivity index (χ3v) is 4.74. The van der Waals surface area contributed by atoms with E-state index in [2.05, 4.69) is 15.3 Å². The van der Waals surface area contributed by atoms with Crippen molar-refractivity contribution in [2.24, 2.45) is 0 Å². The fraction of sp³-hybridized carbons (Fsp3) is 0.0800. The summed E-state index contributed by atoms with van der Waals surface area (Å²) in [6.45, 7) is 0. The van der Waals surface area contributed by atoms with E-state index in [9.17, 15) is 9.18 Å². The number of nitrogens with zero attached hydrogens (tertiary/aromatic N) is 2. The predicted octanol–water partition coefficient (Wildman–Crippen LogP) is 5.34. The van der Waals surface area contributed by atoms with Gasteiger partial charge in [0.05, 0.1) is 19.9 Å². The summed E-state index contributed by atoms with van der Waals surface area (Å²) >= 11 is 0. The number of rotatable bonds is 7. The highest BCUT2D eigenvalue weighted by Crippen LogP contribution is 2.30. The van der Waals surface area contributed by atoms with Gasteiger partial charge in [-0.15, -0.1) is 0 Å². The van der Waals surface area contributed by atoms with Gasteiger partial charge in [0, 0.05) is 28.9 Å². The summed E-state index contributed by atoms with van der Waals surface area (Å²) in [5.41, 5.74) is 2.27. The standard InChI is InChI=1S/C25H20FN3O4/c1-31-22-11-10-19(13-23(22)32-2)29-25(30)17-4-3-5-20(12-17)33-24-14-21(27-15-28-24)16-6-8-18(26)9-7-16/h3-15H,1-2H3,(H,29,30). The minimum absolute atomic E-state index is 0.293. The Morgan fingerprint density at radius 2 is 1.67 bits per heavy atom. The molecule has 0 spiro atoms. The molecule has 0 aliphatic carbocycles. The van der Waals surface area contributed by atoms with Gasteiger partial charge in [0.1, 0.15) is 17.9 Å². The zero-order valence-corrected chi connectivity index (χ0v) is 17.9. The second kappa shape index (κ2) is 9.78. The Bertz CT molecular complexity index is 1280. The van der Waals surface area contributed by atoms with E-state index in [1.807, 2.05) is 0 Å². The fourth-order valence-electron chi connectivity index (χ4n) is 3.11. The fourth-order valence-corrected chi connectivity index (χ4v) is 3.11. The van der Waals surface area contributed by atoms with Crippen molar-refractivity contribution in [3.05, 3.63) is 90.5 Å². The number of halogens is 1. The third kappa shape index (κ3) is 5.24. The Morgan fingerprint density at radius 3 is 2.42 bits per heavy atom. The van der Waals surface area contributed by atoms with Crippen LogP contribution in [0.25, 0.3) is 11.3 Å². The largest absolute Gasteiger partial charge is 0.493 e. The average Bonchev–Trinajstić information content (AvgIpc) is 2.84. The van der Waals surface area contributed by atoms with Crippen molar-refractivity contribution in [3.63, 3.8) is 0 Å². The molecule has 0 radical (unpaired) electrons. The van der Waals surface area contributed by atoms with E-state index in [1.54, 1.807) is 67.8 Å². The molecule has 0 atom stereocenters. The lowest BCUT2D eigenvalue weighted by molar-refractivity contribution is 0.102. The number of hydrogen-bond donors (Lipinski definition) is 1. The van der Waals surface area contributed by atoms with Gasteiger partial charge in [0.2, 0.25) is 5.88 Å². The monoisotopic (exact) mass is 445 g/mol. The molecule has 7 nitrogen and oxygen atoms in total. The molecule has 0 fully saturated rings. The molecule has 1 N–H and O–H groups in total. The first-order chi connectivity index (χ1) is 16.1. The van der Waals surface area contributed by atoms with Gasteiger partial charge in [0.25, 0.3) is 5.91 Å². The van der Waals surface area contributed by atoms with Gasteiger partial charge in [-0.1, -0.05) is 6.07 Å². The van der Waals surface area contributed by atoms with Gasteiger partial charge in [-0.2, -0.15) is 0 Å². The van der Waals surface area contributed by atoms with Crippen molar-refractivity contribution >= 4 is 11.6 Å². The molecule has 0 bridgehead atoms. The highest BCUT2D eigenvalue weighted by molar-refractivity contribution is 6.04. The lowest BCUT2D eigenvalue weighted by atomic mass is 10.1. The molecule has 3 aromatic carbocycles. The first-order valence-electron chi connectivity index (χ1n) is 9.95. The SMILES string of the molecule is COc1ccc(NC(=O)c2cccc(Oc3cc(-c4ccc(F)cc4)ncn3)c2)cc1OC. The molecule has 1 amide bonds. The molecular weight excluding hydrogens is 425 g/mol. The molecular formula is C25H20FN3O4. The Labute approximate surface area is 189 Å². The van der Waals surface area contributed by atoms with Gasteiger partial charge >= 0.3 is 0 Å². The Hall–Kier alpha value is -4.46. The van der Waals surface area contributed by atoms with Crippen molar-refractivity contribution in [3.8, 4) is 34.4 Å². The zero-order valence-electron chi connectivity index (χ0n) is 17.9. The van der Waals surface area contributed by atoms with Crippen LogP contribution in [0.5, 0.6) is 23.1 Å². The number of aromatic nitrogens is 2. The molecule has 0 unspecified atom stereocenters. The molecule has 0 saturated carbocycles. The van der Waals surface area contributed by atoms with Crippen LogP contribution in [0.15, 0.2) is 79.1 Å². The summed E-state index contributed by atoms with van der Waals surface area (Å²) in [5.74, 6) is 1.15. The van der Waals surface area contributed by atoms with Crippen LogP contribution >= 0.6 is 0 Å². The first-order valence-corrected chi connectivity index (χ1v) is 9.95. The summed E-state index contributed by atoms with van der Waals surface area (Å²) in [7, 11) is 3.07. The minimum Gasteiger partial charge on any atom is -0.493 e. The number of carbonyl (C=O) groups is 1. The Balaban J connectivity index is 1.50. The molecule has 33 heavy (non-hydrogen) atoms. The number of anilines is 1. The van der Waals surface area contributed by atoms with Gasteiger partial charge in [-0.25, -0.2) is 14.4 Å². The van der Waals surface area contributed by atoms with Gasteiger partial charge < -0.3 is 19.5 Å². The maximum absolute atomic E-state index is 13.2. The Morgan fingerprint density at radius 1 is 0.879 bits per heavy atom. The van der Waals surface area contributed by atoms with Crippen LogP contribution in [0.3, 0.4) is 0 Å². The number of nitrogens with one attached hydrogen (secondary N) is 1. The maximum Gasteiger partial charge on any atom is 0.255 e. The number of amides is 1. The van der Waals surface area contributed by atoms with Crippen LogP contribution in [0, 0.1) is 5.82 Å². The minimum atomic E-state index is -0.326. The number of ether oxygens (including phenoxy) is 3. The van der Waals surface area contributed by atoms with Crippen LogP contribution < -0.4 is 19.5 Å². The van der Waals surface area contributed by atoms with E-state index < -0.39 is 0 Å². The third-order valence-electron chi connectivity index (χ3n) is 4.74. The predicted molar refractivity (Wildman–Crippen MR) is 121 cm³/mol. The Kier molecular flexibility index (Phi) is 6.45. The van der Waals surface area contributed by atoms with E-state index in [0.717, 1.165) is 5.56 Å². The second-order valence-corrected chi connectivity index (χ2v) is 6.90. The second-order valence-electron chi connectivity index (χ2n) is 6.90. The number of hydrogen-bond acceptors (Lipinski definition) is 6. The topological polar surface area (TPSA) is 82.6 Å². The van der Waals surface area contributed by atoms with E-state index in [4.69, 9.17) is 14.2 Å². The van der Waals surface area contributed by atoms with E-state index in [-0.39, 0.29) is 11.7 Å². The molecule has 1 heterocycles. The van der Waals surface area contributed by atoms with Crippen molar-refractivity contribution < 1.29 is 23.4 Å². The quantitative estimate of drug-likeness (QED) is 0.413. The van der Waals surface area contributed by atoms with Crippen molar-refractivity contribution in [2.75, 3.05) is 19.5 Å². The first kappa shape index (κ1) is 21.8. The molecule has 0 saturated heterocycles. The summed E-state index contributed by atoms with van der Waals surface area (Å²) in [6, 6.07) is 19.4. The summed E-state index contributed by atoms with van der Waals surface area (Å²) < 4.78 is 29.5. The van der Waals surface area contributed by atoms with Gasteiger partial charge in [-0.05, 0) is 54.6 Å².